The molecule has 0 aromatic carbocycles. The first-order valence-corrected chi connectivity index (χ1v) is 4.43. The van der Waals surface area contributed by atoms with Crippen LogP contribution in [0.4, 0.5) is 0 Å². The average Bonchev–Trinajstić information content (AvgIpc) is 2.46. The monoisotopic (exact) mass is 210 g/mol. The van der Waals surface area contributed by atoms with Gasteiger partial charge in [0.05, 0.1) is 0 Å². The number of aromatic amines is 1. The van der Waals surface area contributed by atoms with Crippen LogP contribution >= 0.6 is 0 Å². The molecular weight excluding hydrogens is 200 g/mol. The Bertz CT molecular complexity index is 501. The van der Waals surface area contributed by atoms with Crippen LogP contribution in [0.2, 0.25) is 0 Å². The number of ether oxygens (including phenoxy) is 1. The highest BCUT2D eigenvalue weighted by Gasteiger charge is 2.29. The van der Waals surface area contributed by atoms with E-state index in [0.717, 1.165) is 0 Å². The topological polar surface area (TPSA) is 84.3 Å². The molecule has 1 aromatic heterocycles. The number of H-pyrrole nitrogens is 1. The van der Waals surface area contributed by atoms with Gasteiger partial charge in [0.2, 0.25) is 0 Å². The maximum atomic E-state index is 11.4. The second-order valence-corrected chi connectivity index (χ2v) is 3.31. The summed E-state index contributed by atoms with van der Waals surface area (Å²) < 4.78 is 6.39. The van der Waals surface area contributed by atoms with E-state index in [1.165, 1.54) is 16.8 Å². The minimum Gasteiger partial charge on any atom is -0.472 e. The smallest absolute Gasteiger partial charge is 0.331 e. The van der Waals surface area contributed by atoms with Crippen molar-refractivity contribution in [1.29, 1.82) is 0 Å². The van der Waals surface area contributed by atoms with E-state index in [1.807, 2.05) is 0 Å². The predicted octanol–water partition coefficient (Wildman–Crippen LogP) is -0.670. The third-order valence-corrected chi connectivity index (χ3v) is 2.25. The van der Waals surface area contributed by atoms with E-state index >= 15 is 0 Å². The van der Waals surface area contributed by atoms with Gasteiger partial charge in [-0.05, 0) is 0 Å². The molecular formula is C9H10N2O4. The summed E-state index contributed by atoms with van der Waals surface area (Å²) in [5.74, 6) is 0.234. The van der Waals surface area contributed by atoms with Gasteiger partial charge >= 0.3 is 5.69 Å². The van der Waals surface area contributed by atoms with Gasteiger partial charge in [0.15, 0.2) is 6.23 Å². The number of nitrogens with one attached hydrogen (secondary N) is 1. The molecule has 0 aliphatic carbocycles. The molecule has 1 saturated heterocycles. The molecule has 2 rings (SSSR count). The van der Waals surface area contributed by atoms with Gasteiger partial charge in [-0.2, -0.15) is 0 Å². The Kier molecular flexibility index (Phi) is 2.20. The molecule has 1 fully saturated rings. The molecule has 1 aliphatic heterocycles. The average molecular weight is 210 g/mol. The van der Waals surface area contributed by atoms with Crippen molar-refractivity contribution in [1.82, 2.24) is 9.55 Å². The number of aliphatic hydroxyl groups is 1. The van der Waals surface area contributed by atoms with E-state index in [0.29, 0.717) is 0 Å². The van der Waals surface area contributed by atoms with Crippen LogP contribution < -0.4 is 11.2 Å². The van der Waals surface area contributed by atoms with Crippen molar-refractivity contribution in [3.63, 3.8) is 0 Å². The minimum absolute atomic E-state index is 0.234. The summed E-state index contributed by atoms with van der Waals surface area (Å²) in [4.78, 5) is 24.3. The standard InChI is InChI=1S/C9H10N2O4/c1-5-6(12)4-8(15-5)11-3-2-7(13)10-9(11)14/h2-3,6,8,12H,1,4H2,(H,10,13,14)/t6-,8+/m0/s1. The number of aromatic nitrogens is 2. The zero-order valence-electron chi connectivity index (χ0n) is 7.84. The highest BCUT2D eigenvalue weighted by Crippen LogP contribution is 2.28. The lowest BCUT2D eigenvalue weighted by Gasteiger charge is -2.11. The second kappa shape index (κ2) is 3.39. The largest absolute Gasteiger partial charge is 0.472 e. The molecule has 1 aromatic rings. The van der Waals surface area contributed by atoms with Crippen molar-refractivity contribution in [2.24, 2.45) is 0 Å². The lowest BCUT2D eigenvalue weighted by molar-refractivity contribution is 0.0934. The molecule has 0 radical (unpaired) electrons. The van der Waals surface area contributed by atoms with Crippen LogP contribution in [-0.4, -0.2) is 20.8 Å². The number of nitrogens with zero attached hydrogens (tertiary/aromatic N) is 1. The van der Waals surface area contributed by atoms with Crippen LogP contribution in [0.15, 0.2) is 34.2 Å². The van der Waals surface area contributed by atoms with Gasteiger partial charge in [-0.15, -0.1) is 0 Å². The maximum Gasteiger partial charge on any atom is 0.331 e. The van der Waals surface area contributed by atoms with Gasteiger partial charge in [-0.1, -0.05) is 6.58 Å². The summed E-state index contributed by atoms with van der Waals surface area (Å²) in [5, 5.41) is 9.36. The van der Waals surface area contributed by atoms with E-state index in [4.69, 9.17) is 4.74 Å². The fourth-order valence-electron chi connectivity index (χ4n) is 1.45. The van der Waals surface area contributed by atoms with Gasteiger partial charge < -0.3 is 9.84 Å². The number of hydrogen-bond donors (Lipinski definition) is 2. The SMILES string of the molecule is C=C1O[C@@H](n2ccc(=O)[nH]c2=O)C[C@@H]1O. The first-order valence-electron chi connectivity index (χ1n) is 4.43. The van der Waals surface area contributed by atoms with Crippen molar-refractivity contribution < 1.29 is 9.84 Å². The quantitative estimate of drug-likeness (QED) is 0.643. The van der Waals surface area contributed by atoms with E-state index in [-0.39, 0.29) is 12.2 Å². The van der Waals surface area contributed by atoms with Crippen LogP contribution in [0.3, 0.4) is 0 Å². The minimum atomic E-state index is -0.770. The Morgan fingerprint density at radius 1 is 1.60 bits per heavy atom. The Balaban J connectivity index is 2.36. The zero-order chi connectivity index (χ0) is 11.0. The molecule has 0 saturated carbocycles. The lowest BCUT2D eigenvalue weighted by atomic mass is 10.2. The van der Waals surface area contributed by atoms with E-state index in [1.54, 1.807) is 0 Å². The van der Waals surface area contributed by atoms with Crippen molar-refractivity contribution in [2.75, 3.05) is 0 Å². The van der Waals surface area contributed by atoms with Gasteiger partial charge in [-0.3, -0.25) is 14.3 Å². The van der Waals surface area contributed by atoms with Crippen molar-refractivity contribution >= 4 is 0 Å². The fraction of sp³-hybridized carbons (Fsp3) is 0.333. The second-order valence-electron chi connectivity index (χ2n) is 3.31. The number of rotatable bonds is 1. The molecule has 80 valence electrons. The van der Waals surface area contributed by atoms with Crippen molar-refractivity contribution in [3.05, 3.63) is 45.4 Å². The lowest BCUT2D eigenvalue weighted by Crippen LogP contribution is -2.31. The number of aliphatic hydroxyl groups excluding tert-OH is 1. The molecule has 6 heteroatoms. The van der Waals surface area contributed by atoms with Crippen molar-refractivity contribution in [2.45, 2.75) is 18.8 Å². The van der Waals surface area contributed by atoms with Gasteiger partial charge in [0.1, 0.15) is 11.9 Å². The molecule has 6 nitrogen and oxygen atoms in total. The number of hydrogen-bond acceptors (Lipinski definition) is 4. The fourth-order valence-corrected chi connectivity index (χ4v) is 1.45. The zero-order valence-corrected chi connectivity index (χ0v) is 7.84. The van der Waals surface area contributed by atoms with Gasteiger partial charge in [0, 0.05) is 18.7 Å². The molecule has 2 N–H and O–H groups in total. The summed E-state index contributed by atoms with van der Waals surface area (Å²) in [6.07, 6.45) is 0.216. The summed E-state index contributed by atoms with van der Waals surface area (Å²) in [6.45, 7) is 3.50. The van der Waals surface area contributed by atoms with E-state index < -0.39 is 23.6 Å². The summed E-state index contributed by atoms with van der Waals surface area (Å²) in [6, 6.07) is 1.22. The van der Waals surface area contributed by atoms with Gasteiger partial charge in [-0.25, -0.2) is 4.79 Å². The molecule has 0 spiro atoms. The third-order valence-electron chi connectivity index (χ3n) is 2.25. The molecule has 2 heterocycles. The molecule has 0 unspecified atom stereocenters. The Morgan fingerprint density at radius 2 is 2.33 bits per heavy atom. The Morgan fingerprint density at radius 3 is 2.87 bits per heavy atom. The first kappa shape index (κ1) is 9.72. The molecule has 15 heavy (non-hydrogen) atoms. The van der Waals surface area contributed by atoms with E-state index in [9.17, 15) is 14.7 Å². The van der Waals surface area contributed by atoms with Crippen LogP contribution in [0.1, 0.15) is 12.6 Å². The molecule has 0 amide bonds. The maximum absolute atomic E-state index is 11.4. The van der Waals surface area contributed by atoms with Crippen LogP contribution in [0.25, 0.3) is 0 Å². The third kappa shape index (κ3) is 1.71. The van der Waals surface area contributed by atoms with Crippen LogP contribution in [0, 0.1) is 0 Å². The normalized spacial score (nSPS) is 25.3. The van der Waals surface area contributed by atoms with Crippen molar-refractivity contribution in [3.8, 4) is 0 Å². The summed E-state index contributed by atoms with van der Waals surface area (Å²) >= 11 is 0. The Labute approximate surface area is 84.4 Å². The summed E-state index contributed by atoms with van der Waals surface area (Å²) in [7, 11) is 0. The molecule has 0 bridgehead atoms. The highest BCUT2D eigenvalue weighted by atomic mass is 16.5. The highest BCUT2D eigenvalue weighted by molar-refractivity contribution is 4.99. The summed E-state index contributed by atoms with van der Waals surface area (Å²) in [5.41, 5.74) is -1.02. The van der Waals surface area contributed by atoms with Crippen LogP contribution in [0.5, 0.6) is 0 Å². The first-order chi connectivity index (χ1) is 7.08. The van der Waals surface area contributed by atoms with Gasteiger partial charge in [0.25, 0.3) is 5.56 Å². The molecule has 1 aliphatic rings. The predicted molar refractivity (Wildman–Crippen MR) is 51.2 cm³/mol. The van der Waals surface area contributed by atoms with Crippen LogP contribution in [-0.2, 0) is 4.74 Å². The molecule has 2 atom stereocenters. The Hall–Kier alpha value is -1.82. The van der Waals surface area contributed by atoms with E-state index in [2.05, 4.69) is 11.6 Å².